The fourth-order valence-electron chi connectivity index (χ4n) is 2.68. The number of ether oxygens (including phenoxy) is 4. The molecule has 3 rings (SSSR count). The minimum atomic E-state index is -0.192. The van der Waals surface area contributed by atoms with Gasteiger partial charge in [0.25, 0.3) is 0 Å². The quantitative estimate of drug-likeness (QED) is 0.805. The molecule has 2 aromatic rings. The van der Waals surface area contributed by atoms with E-state index in [0.29, 0.717) is 24.5 Å². The van der Waals surface area contributed by atoms with E-state index in [4.69, 9.17) is 18.9 Å². The molecule has 2 heterocycles. The summed E-state index contributed by atoms with van der Waals surface area (Å²) in [5, 5.41) is 0. The van der Waals surface area contributed by atoms with E-state index in [1.807, 2.05) is 18.2 Å². The average Bonchev–Trinajstić information content (AvgIpc) is 2.64. The van der Waals surface area contributed by atoms with Crippen LogP contribution in [0.25, 0.3) is 11.1 Å². The SMILES string of the molecule is COc1cc(OCCC2OCCCO2)cc(-c2ccc(=O)n(C)c2)c1. The van der Waals surface area contributed by atoms with E-state index >= 15 is 0 Å². The zero-order chi connectivity index (χ0) is 17.6. The summed E-state index contributed by atoms with van der Waals surface area (Å²) in [5.74, 6) is 1.41. The van der Waals surface area contributed by atoms with Gasteiger partial charge in [-0.25, -0.2) is 0 Å². The van der Waals surface area contributed by atoms with Gasteiger partial charge in [-0.2, -0.15) is 0 Å². The van der Waals surface area contributed by atoms with Crippen molar-refractivity contribution in [2.45, 2.75) is 19.1 Å². The summed E-state index contributed by atoms with van der Waals surface area (Å²) in [6.45, 7) is 1.96. The molecule has 0 bridgehead atoms. The summed E-state index contributed by atoms with van der Waals surface area (Å²) < 4.78 is 23.8. The molecule has 1 aromatic carbocycles. The van der Waals surface area contributed by atoms with Crippen LogP contribution in [0.4, 0.5) is 0 Å². The molecule has 0 N–H and O–H groups in total. The molecule has 1 fully saturated rings. The van der Waals surface area contributed by atoms with Crippen molar-refractivity contribution >= 4 is 0 Å². The Morgan fingerprint density at radius 2 is 1.88 bits per heavy atom. The van der Waals surface area contributed by atoms with Crippen molar-refractivity contribution in [1.82, 2.24) is 4.57 Å². The molecule has 25 heavy (non-hydrogen) atoms. The van der Waals surface area contributed by atoms with Crippen molar-refractivity contribution in [3.63, 3.8) is 0 Å². The van der Waals surface area contributed by atoms with Gasteiger partial charge < -0.3 is 23.5 Å². The lowest BCUT2D eigenvalue weighted by atomic mass is 10.1. The third-order valence-corrected chi connectivity index (χ3v) is 4.05. The highest BCUT2D eigenvalue weighted by Gasteiger charge is 2.14. The number of aromatic nitrogens is 1. The number of benzene rings is 1. The Morgan fingerprint density at radius 3 is 2.60 bits per heavy atom. The highest BCUT2D eigenvalue weighted by molar-refractivity contribution is 5.66. The second-order valence-electron chi connectivity index (χ2n) is 5.93. The van der Waals surface area contributed by atoms with Gasteiger partial charge in [-0.1, -0.05) is 0 Å². The van der Waals surface area contributed by atoms with Crippen LogP contribution in [-0.4, -0.2) is 37.8 Å². The van der Waals surface area contributed by atoms with Crippen molar-refractivity contribution in [3.8, 4) is 22.6 Å². The summed E-state index contributed by atoms with van der Waals surface area (Å²) in [5.41, 5.74) is 1.80. The predicted molar refractivity (Wildman–Crippen MR) is 94.1 cm³/mol. The molecule has 0 atom stereocenters. The number of hydrogen-bond acceptors (Lipinski definition) is 5. The van der Waals surface area contributed by atoms with Gasteiger partial charge in [0.2, 0.25) is 5.56 Å². The van der Waals surface area contributed by atoms with Crippen LogP contribution in [0.3, 0.4) is 0 Å². The highest BCUT2D eigenvalue weighted by atomic mass is 16.7. The first-order chi connectivity index (χ1) is 12.2. The Hall–Kier alpha value is -2.31. The maximum atomic E-state index is 11.6. The van der Waals surface area contributed by atoms with Crippen molar-refractivity contribution < 1.29 is 18.9 Å². The van der Waals surface area contributed by atoms with E-state index in [2.05, 4.69) is 0 Å². The van der Waals surface area contributed by atoms with Crippen molar-refractivity contribution in [3.05, 3.63) is 46.9 Å². The van der Waals surface area contributed by atoms with Gasteiger partial charge in [0, 0.05) is 31.8 Å². The molecule has 0 amide bonds. The van der Waals surface area contributed by atoms with Gasteiger partial charge in [-0.05, 0) is 35.7 Å². The highest BCUT2D eigenvalue weighted by Crippen LogP contribution is 2.29. The number of aryl methyl sites for hydroxylation is 1. The third-order valence-electron chi connectivity index (χ3n) is 4.05. The molecule has 1 aromatic heterocycles. The molecule has 6 heteroatoms. The first-order valence-corrected chi connectivity index (χ1v) is 8.38. The first-order valence-electron chi connectivity index (χ1n) is 8.38. The molecule has 0 unspecified atom stereocenters. The van der Waals surface area contributed by atoms with E-state index in [-0.39, 0.29) is 11.8 Å². The lowest BCUT2D eigenvalue weighted by Crippen LogP contribution is -2.26. The fraction of sp³-hybridized carbons (Fsp3) is 0.421. The van der Waals surface area contributed by atoms with E-state index in [1.165, 1.54) is 0 Å². The molecule has 134 valence electrons. The van der Waals surface area contributed by atoms with Crippen LogP contribution in [0.15, 0.2) is 41.3 Å². The van der Waals surface area contributed by atoms with Crippen molar-refractivity contribution in [1.29, 1.82) is 0 Å². The van der Waals surface area contributed by atoms with Gasteiger partial charge in [-0.15, -0.1) is 0 Å². The molecule has 1 aliphatic heterocycles. The lowest BCUT2D eigenvalue weighted by Gasteiger charge is -2.23. The largest absolute Gasteiger partial charge is 0.497 e. The summed E-state index contributed by atoms with van der Waals surface area (Å²) >= 11 is 0. The molecular weight excluding hydrogens is 322 g/mol. The summed E-state index contributed by atoms with van der Waals surface area (Å²) in [4.78, 5) is 11.6. The van der Waals surface area contributed by atoms with Gasteiger partial charge in [0.05, 0.1) is 26.9 Å². The van der Waals surface area contributed by atoms with E-state index in [9.17, 15) is 4.79 Å². The zero-order valence-corrected chi connectivity index (χ0v) is 14.6. The zero-order valence-electron chi connectivity index (χ0n) is 14.6. The molecule has 0 radical (unpaired) electrons. The molecule has 1 aliphatic rings. The number of hydrogen-bond donors (Lipinski definition) is 0. The lowest BCUT2D eigenvalue weighted by molar-refractivity contribution is -0.183. The average molecular weight is 345 g/mol. The predicted octanol–water partition coefficient (Wildman–Crippen LogP) is 2.59. The van der Waals surface area contributed by atoms with Gasteiger partial charge >= 0.3 is 0 Å². The van der Waals surface area contributed by atoms with E-state index in [0.717, 1.165) is 30.8 Å². The number of rotatable bonds is 6. The second-order valence-corrected chi connectivity index (χ2v) is 5.93. The van der Waals surface area contributed by atoms with Crippen molar-refractivity contribution in [2.75, 3.05) is 26.9 Å². The third kappa shape index (κ3) is 4.61. The maximum Gasteiger partial charge on any atom is 0.250 e. The van der Waals surface area contributed by atoms with Crippen LogP contribution in [0.5, 0.6) is 11.5 Å². The summed E-state index contributed by atoms with van der Waals surface area (Å²) in [6.07, 6.45) is 3.22. The number of nitrogens with zero attached hydrogens (tertiary/aromatic N) is 1. The van der Waals surface area contributed by atoms with Crippen molar-refractivity contribution in [2.24, 2.45) is 7.05 Å². The number of methoxy groups -OCH3 is 1. The van der Waals surface area contributed by atoms with Crippen LogP contribution >= 0.6 is 0 Å². The monoisotopic (exact) mass is 345 g/mol. The Kier molecular flexibility index (Phi) is 5.73. The second kappa shape index (κ2) is 8.18. The van der Waals surface area contributed by atoms with Gasteiger partial charge in [0.1, 0.15) is 11.5 Å². The molecule has 0 spiro atoms. The Bertz CT molecular complexity index is 765. The van der Waals surface area contributed by atoms with Gasteiger partial charge in [0.15, 0.2) is 6.29 Å². The first kappa shape index (κ1) is 17.5. The van der Waals surface area contributed by atoms with E-state index < -0.39 is 0 Å². The van der Waals surface area contributed by atoms with Crippen LogP contribution < -0.4 is 15.0 Å². The van der Waals surface area contributed by atoms with Crippen LogP contribution in [0.2, 0.25) is 0 Å². The maximum absolute atomic E-state index is 11.6. The summed E-state index contributed by atoms with van der Waals surface area (Å²) in [6, 6.07) is 9.04. The smallest absolute Gasteiger partial charge is 0.250 e. The molecular formula is C19H23NO5. The van der Waals surface area contributed by atoms with Crippen LogP contribution in [0, 0.1) is 0 Å². The minimum absolute atomic E-state index is 0.0457. The Labute approximate surface area is 146 Å². The molecule has 1 saturated heterocycles. The molecule has 6 nitrogen and oxygen atoms in total. The van der Waals surface area contributed by atoms with Crippen LogP contribution in [-0.2, 0) is 16.5 Å². The van der Waals surface area contributed by atoms with E-state index in [1.54, 1.807) is 37.1 Å². The number of pyridine rings is 1. The summed E-state index contributed by atoms with van der Waals surface area (Å²) in [7, 11) is 3.35. The Balaban J connectivity index is 1.72. The standard InChI is InChI=1S/C19H23NO5/c1-20-13-14(4-5-18(20)21)15-10-16(22-2)12-17(11-15)23-9-6-19-24-7-3-8-25-19/h4-5,10-13,19H,3,6-9H2,1-2H3. The molecule has 0 aliphatic carbocycles. The minimum Gasteiger partial charge on any atom is -0.497 e. The molecule has 0 saturated carbocycles. The normalized spacial score (nSPS) is 15.1. The fourth-order valence-corrected chi connectivity index (χ4v) is 2.68. The van der Waals surface area contributed by atoms with Crippen LogP contribution in [0.1, 0.15) is 12.8 Å². The topological polar surface area (TPSA) is 58.9 Å². The van der Waals surface area contributed by atoms with Gasteiger partial charge in [-0.3, -0.25) is 4.79 Å². The Morgan fingerprint density at radius 1 is 1.12 bits per heavy atom.